The first-order chi connectivity index (χ1) is 13.8. The number of aromatic nitrogens is 1. The van der Waals surface area contributed by atoms with E-state index < -0.39 is 0 Å². The molecule has 0 aliphatic carbocycles. The van der Waals surface area contributed by atoms with E-state index in [1.807, 2.05) is 54.6 Å². The molecule has 0 unspecified atom stereocenters. The van der Waals surface area contributed by atoms with Crippen LogP contribution in [0, 0.1) is 0 Å². The Balaban J connectivity index is 1.52. The summed E-state index contributed by atoms with van der Waals surface area (Å²) in [7, 11) is 1.66. The highest BCUT2D eigenvalue weighted by molar-refractivity contribution is 5.71. The number of hydrogen-bond donors (Lipinski definition) is 0. The summed E-state index contributed by atoms with van der Waals surface area (Å²) in [5.74, 6) is 2.21. The summed E-state index contributed by atoms with van der Waals surface area (Å²) in [5, 5.41) is 4.23. The summed E-state index contributed by atoms with van der Waals surface area (Å²) < 4.78 is 17.2. The molecule has 3 aromatic rings. The highest BCUT2D eigenvalue weighted by atomic mass is 16.5. The summed E-state index contributed by atoms with van der Waals surface area (Å²) in [5.41, 5.74) is 2.72. The van der Waals surface area contributed by atoms with E-state index in [-0.39, 0.29) is 0 Å². The maximum absolute atomic E-state index is 6.14. The number of ether oxygens (including phenoxy) is 2. The monoisotopic (exact) mass is 378 g/mol. The summed E-state index contributed by atoms with van der Waals surface area (Å²) in [6, 6.07) is 17.8. The van der Waals surface area contributed by atoms with E-state index in [2.05, 4.69) is 10.1 Å². The minimum atomic E-state index is 0.639. The summed E-state index contributed by atoms with van der Waals surface area (Å²) >= 11 is 0. The molecule has 2 heterocycles. The molecule has 5 heteroatoms. The van der Waals surface area contributed by atoms with Crippen LogP contribution in [0.5, 0.6) is 11.5 Å². The molecule has 0 radical (unpaired) electrons. The summed E-state index contributed by atoms with van der Waals surface area (Å²) in [6.07, 6.45) is 3.90. The number of likely N-dealkylation sites (tertiary alicyclic amines) is 1. The molecule has 146 valence electrons. The smallest absolute Gasteiger partial charge is 0.171 e. The van der Waals surface area contributed by atoms with Crippen LogP contribution in [0.4, 0.5) is 0 Å². The van der Waals surface area contributed by atoms with Crippen LogP contribution in [0.1, 0.15) is 19.3 Å². The number of benzene rings is 2. The fourth-order valence-electron chi connectivity index (χ4n) is 3.57. The van der Waals surface area contributed by atoms with Gasteiger partial charge in [-0.2, -0.15) is 0 Å². The second-order valence-electron chi connectivity index (χ2n) is 7.06. The third-order valence-corrected chi connectivity index (χ3v) is 5.15. The fourth-order valence-corrected chi connectivity index (χ4v) is 3.57. The van der Waals surface area contributed by atoms with Crippen molar-refractivity contribution in [2.45, 2.75) is 19.3 Å². The second-order valence-corrected chi connectivity index (χ2v) is 7.06. The highest BCUT2D eigenvalue weighted by Crippen LogP contribution is 2.35. The zero-order valence-corrected chi connectivity index (χ0v) is 16.3. The van der Waals surface area contributed by atoms with Crippen molar-refractivity contribution < 1.29 is 14.0 Å². The van der Waals surface area contributed by atoms with Gasteiger partial charge in [0.25, 0.3) is 0 Å². The molecule has 1 aliphatic heterocycles. The maximum Gasteiger partial charge on any atom is 0.171 e. The number of methoxy groups -OCH3 is 1. The molecule has 28 heavy (non-hydrogen) atoms. The van der Waals surface area contributed by atoms with Crippen molar-refractivity contribution in [3.63, 3.8) is 0 Å². The van der Waals surface area contributed by atoms with Crippen LogP contribution in [0.25, 0.3) is 22.6 Å². The molecule has 0 spiro atoms. The number of nitrogens with zero attached hydrogens (tertiary/aromatic N) is 2. The standard InChI is InChI=1S/C23H26N2O3/c1-26-19-10-11-20(22(16-19)27-15-14-25-12-6-3-7-13-25)23-17-21(24-28-23)18-8-4-2-5-9-18/h2,4-5,8-11,16-17H,3,6-7,12-15H2,1H3. The van der Waals surface area contributed by atoms with Gasteiger partial charge in [0.1, 0.15) is 23.8 Å². The second kappa shape index (κ2) is 8.93. The van der Waals surface area contributed by atoms with Gasteiger partial charge in [-0.1, -0.05) is 41.9 Å². The predicted octanol–water partition coefficient (Wildman–Crippen LogP) is 4.88. The summed E-state index contributed by atoms with van der Waals surface area (Å²) in [6.45, 7) is 3.90. The van der Waals surface area contributed by atoms with Crippen molar-refractivity contribution in [3.8, 4) is 34.1 Å². The SMILES string of the molecule is COc1ccc(-c2cc(-c3ccccc3)no2)c(OCCN2CCCCC2)c1. The molecule has 5 nitrogen and oxygen atoms in total. The largest absolute Gasteiger partial charge is 0.497 e. The van der Waals surface area contributed by atoms with Crippen LogP contribution in [0.2, 0.25) is 0 Å². The lowest BCUT2D eigenvalue weighted by molar-refractivity contribution is 0.183. The zero-order valence-electron chi connectivity index (χ0n) is 16.3. The topological polar surface area (TPSA) is 47.7 Å². The van der Waals surface area contributed by atoms with Crippen molar-refractivity contribution in [1.29, 1.82) is 0 Å². The van der Waals surface area contributed by atoms with Crippen LogP contribution in [-0.2, 0) is 0 Å². The minimum absolute atomic E-state index is 0.639. The molecule has 0 N–H and O–H groups in total. The minimum Gasteiger partial charge on any atom is -0.497 e. The Bertz CT molecular complexity index is 886. The molecule has 2 aromatic carbocycles. The van der Waals surface area contributed by atoms with Crippen molar-refractivity contribution in [3.05, 3.63) is 54.6 Å². The first-order valence-electron chi connectivity index (χ1n) is 9.89. The lowest BCUT2D eigenvalue weighted by atomic mass is 10.1. The van der Waals surface area contributed by atoms with Gasteiger partial charge in [-0.15, -0.1) is 0 Å². The molecule has 0 saturated carbocycles. The fraction of sp³-hybridized carbons (Fsp3) is 0.348. The van der Waals surface area contributed by atoms with Crippen LogP contribution in [0.3, 0.4) is 0 Å². The van der Waals surface area contributed by atoms with Gasteiger partial charge in [0, 0.05) is 24.2 Å². The summed E-state index contributed by atoms with van der Waals surface area (Å²) in [4.78, 5) is 2.46. The number of hydrogen-bond acceptors (Lipinski definition) is 5. The molecule has 1 saturated heterocycles. The van der Waals surface area contributed by atoms with E-state index in [1.165, 1.54) is 19.3 Å². The van der Waals surface area contributed by atoms with Gasteiger partial charge in [-0.05, 0) is 38.1 Å². The van der Waals surface area contributed by atoms with E-state index in [4.69, 9.17) is 14.0 Å². The highest BCUT2D eigenvalue weighted by Gasteiger charge is 2.15. The average molecular weight is 378 g/mol. The Kier molecular flexibility index (Phi) is 5.92. The van der Waals surface area contributed by atoms with Gasteiger partial charge in [0.15, 0.2) is 5.76 Å². The van der Waals surface area contributed by atoms with Gasteiger partial charge in [0.2, 0.25) is 0 Å². The van der Waals surface area contributed by atoms with Crippen molar-refractivity contribution >= 4 is 0 Å². The van der Waals surface area contributed by atoms with E-state index in [0.29, 0.717) is 12.4 Å². The van der Waals surface area contributed by atoms with Crippen LogP contribution < -0.4 is 9.47 Å². The lowest BCUT2D eigenvalue weighted by Gasteiger charge is -2.26. The maximum atomic E-state index is 6.14. The Morgan fingerprint density at radius 3 is 2.61 bits per heavy atom. The normalized spacial score (nSPS) is 14.8. The van der Waals surface area contributed by atoms with E-state index >= 15 is 0 Å². The zero-order chi connectivity index (χ0) is 19.2. The van der Waals surface area contributed by atoms with Crippen molar-refractivity contribution in [1.82, 2.24) is 10.1 Å². The first kappa shape index (κ1) is 18.6. The van der Waals surface area contributed by atoms with Gasteiger partial charge >= 0.3 is 0 Å². The number of piperidine rings is 1. The van der Waals surface area contributed by atoms with Gasteiger partial charge in [-0.25, -0.2) is 0 Å². The Morgan fingerprint density at radius 2 is 1.82 bits per heavy atom. The molecular weight excluding hydrogens is 352 g/mol. The molecule has 0 bridgehead atoms. The van der Waals surface area contributed by atoms with E-state index in [1.54, 1.807) is 7.11 Å². The predicted molar refractivity (Wildman–Crippen MR) is 110 cm³/mol. The number of rotatable bonds is 7. The molecule has 0 atom stereocenters. The van der Waals surface area contributed by atoms with Gasteiger partial charge in [-0.3, -0.25) is 4.90 Å². The lowest BCUT2D eigenvalue weighted by Crippen LogP contribution is -2.33. The molecule has 4 rings (SSSR count). The average Bonchev–Trinajstić information content (AvgIpc) is 3.25. The van der Waals surface area contributed by atoms with Crippen LogP contribution in [0.15, 0.2) is 59.1 Å². The van der Waals surface area contributed by atoms with E-state index in [9.17, 15) is 0 Å². The Labute approximate surface area is 165 Å². The van der Waals surface area contributed by atoms with Crippen molar-refractivity contribution in [2.75, 3.05) is 33.4 Å². The van der Waals surface area contributed by atoms with Gasteiger partial charge in [0.05, 0.1) is 12.7 Å². The molecular formula is C23H26N2O3. The molecule has 1 fully saturated rings. The quantitative estimate of drug-likeness (QED) is 0.586. The third-order valence-electron chi connectivity index (χ3n) is 5.15. The Hall–Kier alpha value is -2.79. The Morgan fingerprint density at radius 1 is 1.00 bits per heavy atom. The molecule has 0 amide bonds. The third kappa shape index (κ3) is 4.37. The van der Waals surface area contributed by atoms with E-state index in [0.717, 1.165) is 48.0 Å². The molecule has 1 aliphatic rings. The van der Waals surface area contributed by atoms with Crippen LogP contribution >= 0.6 is 0 Å². The van der Waals surface area contributed by atoms with Gasteiger partial charge < -0.3 is 14.0 Å². The molecule has 1 aromatic heterocycles. The first-order valence-corrected chi connectivity index (χ1v) is 9.89. The van der Waals surface area contributed by atoms with Crippen molar-refractivity contribution in [2.24, 2.45) is 0 Å². The van der Waals surface area contributed by atoms with Crippen LogP contribution in [-0.4, -0.2) is 43.4 Å².